The normalized spacial score (nSPS) is 15.2. The van der Waals surface area contributed by atoms with Gasteiger partial charge in [-0.2, -0.15) is 0 Å². The molecule has 0 spiro atoms. The van der Waals surface area contributed by atoms with E-state index in [1.807, 2.05) is 13.8 Å². The Morgan fingerprint density at radius 2 is 2.03 bits per heavy atom. The van der Waals surface area contributed by atoms with Gasteiger partial charge in [0.2, 0.25) is 11.6 Å². The number of carbonyl (C=O) groups excluding carboxylic acids is 2. The Morgan fingerprint density at radius 3 is 2.67 bits per heavy atom. The number of nitrogens with zero attached hydrogens (tertiary/aromatic N) is 3. The van der Waals surface area contributed by atoms with Crippen LogP contribution in [0.5, 0.6) is 0 Å². The van der Waals surface area contributed by atoms with Crippen molar-refractivity contribution < 1.29 is 18.7 Å². The van der Waals surface area contributed by atoms with E-state index in [1.165, 1.54) is 10.9 Å². The predicted molar refractivity (Wildman–Crippen MR) is 111 cm³/mol. The van der Waals surface area contributed by atoms with E-state index in [-0.39, 0.29) is 46.0 Å². The number of hydrogen-bond acceptors (Lipinski definition) is 6. The summed E-state index contributed by atoms with van der Waals surface area (Å²) in [7, 11) is 1.61. The third kappa shape index (κ3) is 4.56. The number of fused-ring (bicyclic) bond motifs is 1. The highest BCUT2D eigenvalue weighted by Crippen LogP contribution is 2.25. The fourth-order valence-electron chi connectivity index (χ4n) is 3.84. The molecule has 30 heavy (non-hydrogen) atoms. The van der Waals surface area contributed by atoms with Crippen molar-refractivity contribution in [2.24, 2.45) is 5.92 Å². The van der Waals surface area contributed by atoms with Crippen LogP contribution in [-0.4, -0.2) is 59.1 Å². The molecular weight excluding hydrogens is 388 g/mol. The maximum atomic E-state index is 13.2. The molecule has 164 valence electrons. The Bertz CT molecular complexity index is 970. The van der Waals surface area contributed by atoms with E-state index in [4.69, 9.17) is 9.15 Å². The largest absolute Gasteiger partial charge is 0.442 e. The van der Waals surface area contributed by atoms with Crippen molar-refractivity contribution >= 4 is 22.9 Å². The van der Waals surface area contributed by atoms with Gasteiger partial charge in [0.15, 0.2) is 0 Å². The smallest absolute Gasteiger partial charge is 0.265 e. The Morgan fingerprint density at radius 1 is 1.33 bits per heavy atom. The number of aryl methyl sites for hydroxylation is 2. The van der Waals surface area contributed by atoms with Crippen LogP contribution in [0.2, 0.25) is 0 Å². The van der Waals surface area contributed by atoms with Crippen molar-refractivity contribution in [3.8, 4) is 0 Å². The van der Waals surface area contributed by atoms with Crippen molar-refractivity contribution in [1.82, 2.24) is 19.8 Å². The average Bonchev–Trinajstić information content (AvgIpc) is 3.05. The van der Waals surface area contributed by atoms with Crippen molar-refractivity contribution in [2.75, 3.05) is 26.8 Å². The molecule has 1 aliphatic rings. The highest BCUT2D eigenvalue weighted by Gasteiger charge is 2.31. The number of carbonyl (C=O) groups is 2. The quantitative estimate of drug-likeness (QED) is 0.686. The van der Waals surface area contributed by atoms with Gasteiger partial charge in [0.1, 0.15) is 17.5 Å². The average molecular weight is 418 g/mol. The van der Waals surface area contributed by atoms with E-state index in [1.54, 1.807) is 18.9 Å². The van der Waals surface area contributed by atoms with E-state index in [0.29, 0.717) is 51.3 Å². The molecule has 1 N–H and O–H groups in total. The first kappa shape index (κ1) is 22.0. The second-order valence-electron chi connectivity index (χ2n) is 8.03. The summed E-state index contributed by atoms with van der Waals surface area (Å²) in [6, 6.07) is 0.0932. The van der Waals surface area contributed by atoms with Crippen LogP contribution in [0.25, 0.3) is 11.1 Å². The topological polar surface area (TPSA) is 107 Å². The monoisotopic (exact) mass is 418 g/mol. The van der Waals surface area contributed by atoms with Crippen LogP contribution in [0, 0.1) is 12.8 Å². The molecule has 1 saturated heterocycles. The lowest BCUT2D eigenvalue weighted by atomic mass is 9.95. The molecule has 0 aromatic carbocycles. The fourth-order valence-corrected chi connectivity index (χ4v) is 3.84. The van der Waals surface area contributed by atoms with E-state index in [0.717, 1.165) is 0 Å². The lowest BCUT2D eigenvalue weighted by Gasteiger charge is -2.31. The Labute approximate surface area is 175 Å². The van der Waals surface area contributed by atoms with E-state index in [2.05, 4.69) is 10.3 Å². The maximum absolute atomic E-state index is 13.2. The number of rotatable bonds is 7. The molecule has 3 rings (SSSR count). The van der Waals surface area contributed by atoms with Gasteiger partial charge in [0.05, 0.1) is 5.56 Å². The standard InChI is InChI=1S/C21H30N4O5/c1-13(2)23-18(26)15-6-9-24(10-7-15)20(27)16-14(3)30-19-17(16)21(28)25(12-22-19)8-5-11-29-4/h12-13,15H,5-11H2,1-4H3,(H,23,26). The Balaban J connectivity index is 1.80. The van der Waals surface area contributed by atoms with Crippen molar-refractivity contribution in [3.63, 3.8) is 0 Å². The zero-order chi connectivity index (χ0) is 21.8. The second-order valence-corrected chi connectivity index (χ2v) is 8.03. The molecule has 0 atom stereocenters. The minimum atomic E-state index is -0.289. The van der Waals surface area contributed by atoms with Crippen LogP contribution in [0.15, 0.2) is 15.5 Å². The van der Waals surface area contributed by atoms with Crippen LogP contribution < -0.4 is 10.9 Å². The number of nitrogens with one attached hydrogen (secondary N) is 1. The molecule has 9 heteroatoms. The zero-order valence-corrected chi connectivity index (χ0v) is 18.1. The minimum absolute atomic E-state index is 0.0326. The molecule has 1 fully saturated rings. The second kappa shape index (κ2) is 9.42. The number of amides is 2. The zero-order valence-electron chi connectivity index (χ0n) is 18.1. The van der Waals surface area contributed by atoms with Crippen LogP contribution in [0.3, 0.4) is 0 Å². The highest BCUT2D eigenvalue weighted by atomic mass is 16.5. The molecule has 2 aromatic rings. The van der Waals surface area contributed by atoms with Crippen LogP contribution in [0.4, 0.5) is 0 Å². The van der Waals surface area contributed by atoms with E-state index >= 15 is 0 Å². The van der Waals surface area contributed by atoms with Crippen molar-refractivity contribution in [2.45, 2.75) is 52.6 Å². The first-order valence-corrected chi connectivity index (χ1v) is 10.4. The predicted octanol–water partition coefficient (Wildman–Crippen LogP) is 1.71. The number of likely N-dealkylation sites (tertiary alicyclic amines) is 1. The summed E-state index contributed by atoms with van der Waals surface area (Å²) < 4.78 is 12.1. The molecule has 0 saturated carbocycles. The van der Waals surface area contributed by atoms with Gasteiger partial charge in [0.25, 0.3) is 11.5 Å². The number of furan rings is 1. The molecular formula is C21H30N4O5. The van der Waals surface area contributed by atoms with Crippen LogP contribution in [-0.2, 0) is 16.1 Å². The third-order valence-corrected chi connectivity index (χ3v) is 5.40. The molecule has 2 amide bonds. The number of ether oxygens (including phenoxy) is 1. The molecule has 1 aliphatic heterocycles. The Kier molecular flexibility index (Phi) is 6.91. The summed E-state index contributed by atoms with van der Waals surface area (Å²) in [4.78, 5) is 44.4. The van der Waals surface area contributed by atoms with E-state index in [9.17, 15) is 14.4 Å². The lowest BCUT2D eigenvalue weighted by Crippen LogP contribution is -2.44. The number of methoxy groups -OCH3 is 1. The molecule has 0 aliphatic carbocycles. The summed E-state index contributed by atoms with van der Waals surface area (Å²) in [5.74, 6) is 0.0694. The first-order chi connectivity index (χ1) is 14.3. The highest BCUT2D eigenvalue weighted by molar-refractivity contribution is 6.06. The first-order valence-electron chi connectivity index (χ1n) is 10.4. The van der Waals surface area contributed by atoms with E-state index < -0.39 is 0 Å². The molecule has 0 bridgehead atoms. The summed E-state index contributed by atoms with van der Waals surface area (Å²) in [5, 5.41) is 3.15. The van der Waals surface area contributed by atoms with Crippen molar-refractivity contribution in [3.05, 3.63) is 28.0 Å². The SMILES string of the molecule is COCCCn1cnc2oc(C)c(C(=O)N3CCC(C(=O)NC(C)C)CC3)c2c1=O. The number of aromatic nitrogens is 2. The minimum Gasteiger partial charge on any atom is -0.442 e. The van der Waals surface area contributed by atoms with Gasteiger partial charge in [0, 0.05) is 45.3 Å². The van der Waals surface area contributed by atoms with Gasteiger partial charge >= 0.3 is 0 Å². The summed E-state index contributed by atoms with van der Waals surface area (Å²) in [6.45, 7) is 7.43. The van der Waals surface area contributed by atoms with Gasteiger partial charge in [-0.05, 0) is 40.0 Å². The van der Waals surface area contributed by atoms with Crippen molar-refractivity contribution in [1.29, 1.82) is 0 Å². The number of piperidine rings is 1. The Hall–Kier alpha value is -2.68. The summed E-state index contributed by atoms with van der Waals surface area (Å²) >= 11 is 0. The van der Waals surface area contributed by atoms with Gasteiger partial charge in [-0.25, -0.2) is 4.98 Å². The summed E-state index contributed by atoms with van der Waals surface area (Å²) in [5.41, 5.74) is 0.159. The molecule has 9 nitrogen and oxygen atoms in total. The maximum Gasteiger partial charge on any atom is 0.265 e. The molecule has 0 radical (unpaired) electrons. The van der Waals surface area contributed by atoms with Gasteiger partial charge in [-0.3, -0.25) is 19.0 Å². The number of hydrogen-bond donors (Lipinski definition) is 1. The fraction of sp³-hybridized carbons (Fsp3) is 0.619. The van der Waals surface area contributed by atoms with Gasteiger partial charge in [-0.1, -0.05) is 0 Å². The molecule has 2 aromatic heterocycles. The van der Waals surface area contributed by atoms with Gasteiger partial charge < -0.3 is 19.4 Å². The third-order valence-electron chi connectivity index (χ3n) is 5.40. The van der Waals surface area contributed by atoms with Crippen LogP contribution in [0.1, 0.15) is 49.2 Å². The summed E-state index contributed by atoms with van der Waals surface area (Å²) in [6.07, 6.45) is 3.29. The van der Waals surface area contributed by atoms with Gasteiger partial charge in [-0.15, -0.1) is 0 Å². The molecule has 3 heterocycles. The van der Waals surface area contributed by atoms with Crippen LogP contribution >= 0.6 is 0 Å². The molecule has 0 unspecified atom stereocenters. The lowest BCUT2D eigenvalue weighted by molar-refractivity contribution is -0.126.